The predicted octanol–water partition coefficient (Wildman–Crippen LogP) is 0.418. The minimum absolute atomic E-state index is 0.00986. The van der Waals surface area contributed by atoms with E-state index in [0.29, 0.717) is 19.7 Å². The van der Waals surface area contributed by atoms with Crippen molar-refractivity contribution in [3.8, 4) is 0 Å². The summed E-state index contributed by atoms with van der Waals surface area (Å²) in [5.74, 6) is -0.487. The van der Waals surface area contributed by atoms with Gasteiger partial charge in [-0.15, -0.1) is 0 Å². The Bertz CT molecular complexity index is 335. The van der Waals surface area contributed by atoms with E-state index in [9.17, 15) is 4.39 Å². The highest BCUT2D eigenvalue weighted by Gasteiger charge is 2.20. The van der Waals surface area contributed by atoms with Crippen molar-refractivity contribution in [1.29, 1.82) is 0 Å². The lowest BCUT2D eigenvalue weighted by molar-refractivity contribution is 0.00355. The maximum absolute atomic E-state index is 12.9. The molecule has 1 fully saturated rings. The molecule has 1 aliphatic rings. The molecule has 0 bridgehead atoms. The fourth-order valence-electron chi connectivity index (χ4n) is 1.65. The highest BCUT2D eigenvalue weighted by Crippen LogP contribution is 2.17. The maximum Gasteiger partial charge on any atom is 0.214 e. The zero-order valence-electron chi connectivity index (χ0n) is 8.27. The summed E-state index contributed by atoms with van der Waals surface area (Å²) in [4.78, 5) is 5.48. The molecular formula is C10H13FN2O2. The lowest BCUT2D eigenvalue weighted by Gasteiger charge is -2.33. The lowest BCUT2D eigenvalue weighted by atomic mass is 10.2. The first-order chi connectivity index (χ1) is 7.29. The summed E-state index contributed by atoms with van der Waals surface area (Å²) in [6, 6.07) is 3.14. The van der Waals surface area contributed by atoms with Gasteiger partial charge in [-0.3, -0.25) is 0 Å². The first-order valence-electron chi connectivity index (χ1n) is 4.88. The molecule has 1 aliphatic heterocycles. The molecule has 15 heavy (non-hydrogen) atoms. The number of aromatic nitrogens is 1. The summed E-state index contributed by atoms with van der Waals surface area (Å²) < 4.78 is 18.2. The molecule has 1 unspecified atom stereocenters. The molecule has 0 spiro atoms. The summed E-state index contributed by atoms with van der Waals surface area (Å²) in [6.45, 7) is 1.83. The van der Waals surface area contributed by atoms with Gasteiger partial charge in [0.05, 0.1) is 19.3 Å². The lowest BCUT2D eigenvalue weighted by Crippen LogP contribution is -2.44. The molecular weight excluding hydrogens is 199 g/mol. The minimum atomic E-state index is -0.487. The zero-order valence-corrected chi connectivity index (χ0v) is 8.27. The first-order valence-corrected chi connectivity index (χ1v) is 4.88. The van der Waals surface area contributed by atoms with E-state index in [-0.39, 0.29) is 12.7 Å². The van der Waals surface area contributed by atoms with E-state index in [0.717, 1.165) is 5.69 Å². The number of aliphatic hydroxyl groups is 1. The summed E-state index contributed by atoms with van der Waals surface area (Å²) in [5.41, 5.74) is 0.782. The Hall–Kier alpha value is -1.20. The molecule has 1 atom stereocenters. The second-order valence-corrected chi connectivity index (χ2v) is 3.46. The van der Waals surface area contributed by atoms with Gasteiger partial charge in [0.2, 0.25) is 5.95 Å². The van der Waals surface area contributed by atoms with E-state index in [1.165, 1.54) is 12.3 Å². The normalized spacial score (nSPS) is 21.7. The van der Waals surface area contributed by atoms with Gasteiger partial charge in [0.25, 0.3) is 0 Å². The maximum atomic E-state index is 12.9. The van der Waals surface area contributed by atoms with Crippen molar-refractivity contribution in [3.05, 3.63) is 24.3 Å². The Kier molecular flexibility index (Phi) is 3.13. The second-order valence-electron chi connectivity index (χ2n) is 3.46. The number of aliphatic hydroxyl groups excluding tert-OH is 1. The SMILES string of the molecule is OCC1CN(c2ccnc(F)c2)CCO1. The van der Waals surface area contributed by atoms with Crippen LogP contribution < -0.4 is 4.90 Å². The van der Waals surface area contributed by atoms with Crippen LogP contribution in [-0.2, 0) is 4.74 Å². The van der Waals surface area contributed by atoms with Gasteiger partial charge >= 0.3 is 0 Å². The Morgan fingerprint density at radius 3 is 3.27 bits per heavy atom. The van der Waals surface area contributed by atoms with Crippen LogP contribution >= 0.6 is 0 Å². The fraction of sp³-hybridized carbons (Fsp3) is 0.500. The van der Waals surface area contributed by atoms with E-state index >= 15 is 0 Å². The number of hydrogen-bond acceptors (Lipinski definition) is 4. The van der Waals surface area contributed by atoms with Gasteiger partial charge in [-0.1, -0.05) is 0 Å². The van der Waals surface area contributed by atoms with E-state index < -0.39 is 5.95 Å². The van der Waals surface area contributed by atoms with Gasteiger partial charge in [0.1, 0.15) is 0 Å². The summed E-state index contributed by atoms with van der Waals surface area (Å²) in [5, 5.41) is 8.97. The van der Waals surface area contributed by atoms with Crippen LogP contribution in [0.1, 0.15) is 0 Å². The Labute approximate surface area is 87.3 Å². The van der Waals surface area contributed by atoms with E-state index in [1.54, 1.807) is 6.07 Å². The molecule has 0 radical (unpaired) electrons. The van der Waals surface area contributed by atoms with E-state index in [4.69, 9.17) is 9.84 Å². The third-order valence-corrected chi connectivity index (χ3v) is 2.42. The van der Waals surface area contributed by atoms with Crippen LogP contribution in [0, 0.1) is 5.95 Å². The number of hydrogen-bond donors (Lipinski definition) is 1. The largest absolute Gasteiger partial charge is 0.394 e. The molecule has 2 rings (SSSR count). The molecule has 0 aliphatic carbocycles. The van der Waals surface area contributed by atoms with Crippen LogP contribution in [0.4, 0.5) is 10.1 Å². The number of morpholine rings is 1. The van der Waals surface area contributed by atoms with Crippen LogP contribution in [0.3, 0.4) is 0 Å². The van der Waals surface area contributed by atoms with Crippen molar-refractivity contribution in [3.63, 3.8) is 0 Å². The third kappa shape index (κ3) is 2.43. The molecule has 0 aromatic carbocycles. The smallest absolute Gasteiger partial charge is 0.214 e. The molecule has 1 N–H and O–H groups in total. The number of halogens is 1. The molecule has 0 saturated carbocycles. The van der Waals surface area contributed by atoms with Crippen molar-refractivity contribution in [2.45, 2.75) is 6.10 Å². The second kappa shape index (κ2) is 4.55. The van der Waals surface area contributed by atoms with Crippen molar-refractivity contribution in [2.24, 2.45) is 0 Å². The summed E-state index contributed by atoms with van der Waals surface area (Å²) >= 11 is 0. The molecule has 1 aromatic heterocycles. The Morgan fingerprint density at radius 1 is 1.67 bits per heavy atom. The monoisotopic (exact) mass is 212 g/mol. The van der Waals surface area contributed by atoms with Crippen LogP contribution in [0.2, 0.25) is 0 Å². The number of nitrogens with zero attached hydrogens (tertiary/aromatic N) is 2. The van der Waals surface area contributed by atoms with Crippen molar-refractivity contribution >= 4 is 5.69 Å². The van der Waals surface area contributed by atoms with E-state index in [2.05, 4.69) is 4.98 Å². The molecule has 1 saturated heterocycles. The predicted molar refractivity (Wildman–Crippen MR) is 53.2 cm³/mol. The highest BCUT2D eigenvalue weighted by atomic mass is 19.1. The molecule has 5 heteroatoms. The standard InChI is InChI=1S/C10H13FN2O2/c11-10-5-8(1-2-12-10)13-3-4-15-9(6-13)7-14/h1-2,5,9,14H,3-4,6-7H2. The molecule has 0 amide bonds. The summed E-state index contributed by atoms with van der Waals surface area (Å²) in [6.07, 6.45) is 1.25. The van der Waals surface area contributed by atoms with Crippen LogP contribution in [0.15, 0.2) is 18.3 Å². The highest BCUT2D eigenvalue weighted by molar-refractivity contribution is 5.45. The van der Waals surface area contributed by atoms with Gasteiger partial charge in [-0.25, -0.2) is 4.98 Å². The van der Waals surface area contributed by atoms with Gasteiger partial charge < -0.3 is 14.7 Å². The number of pyridine rings is 1. The molecule has 2 heterocycles. The molecule has 1 aromatic rings. The average molecular weight is 212 g/mol. The van der Waals surface area contributed by atoms with Crippen LogP contribution in [0.5, 0.6) is 0 Å². The third-order valence-electron chi connectivity index (χ3n) is 2.42. The minimum Gasteiger partial charge on any atom is -0.394 e. The van der Waals surface area contributed by atoms with Gasteiger partial charge in [-0.2, -0.15) is 4.39 Å². The zero-order chi connectivity index (χ0) is 10.7. The van der Waals surface area contributed by atoms with Gasteiger partial charge in [-0.05, 0) is 6.07 Å². The average Bonchev–Trinajstić information content (AvgIpc) is 2.29. The van der Waals surface area contributed by atoms with Crippen LogP contribution in [-0.4, -0.2) is 42.5 Å². The topological polar surface area (TPSA) is 45.6 Å². The van der Waals surface area contributed by atoms with Crippen molar-refractivity contribution in [2.75, 3.05) is 31.2 Å². The van der Waals surface area contributed by atoms with Gasteiger partial charge in [0.15, 0.2) is 0 Å². The molecule has 4 nitrogen and oxygen atoms in total. The number of rotatable bonds is 2. The quantitative estimate of drug-likeness (QED) is 0.722. The summed E-state index contributed by atoms with van der Waals surface area (Å²) in [7, 11) is 0. The number of anilines is 1. The van der Waals surface area contributed by atoms with E-state index in [1.807, 2.05) is 4.90 Å². The van der Waals surface area contributed by atoms with Gasteiger partial charge in [0, 0.05) is 31.0 Å². The molecule has 82 valence electrons. The van der Waals surface area contributed by atoms with Crippen molar-refractivity contribution < 1.29 is 14.2 Å². The number of ether oxygens (including phenoxy) is 1. The van der Waals surface area contributed by atoms with Crippen LogP contribution in [0.25, 0.3) is 0 Å². The first kappa shape index (κ1) is 10.3. The fourth-order valence-corrected chi connectivity index (χ4v) is 1.65. The van der Waals surface area contributed by atoms with Crippen molar-refractivity contribution in [1.82, 2.24) is 4.98 Å². The Morgan fingerprint density at radius 2 is 2.53 bits per heavy atom. The Balaban J connectivity index is 2.09.